The molecule has 2 aromatic rings. The van der Waals surface area contributed by atoms with Gasteiger partial charge in [-0.05, 0) is 18.2 Å². The average molecular weight is 248 g/mol. The van der Waals surface area contributed by atoms with Crippen molar-refractivity contribution < 1.29 is 18.3 Å². The van der Waals surface area contributed by atoms with Gasteiger partial charge in [-0.1, -0.05) is 11.6 Å². The molecule has 1 N–H and O–H groups in total. The summed E-state index contributed by atoms with van der Waals surface area (Å²) in [6, 6.07) is 3.32. The lowest BCUT2D eigenvalue weighted by Crippen LogP contribution is -2.06. The van der Waals surface area contributed by atoms with E-state index in [1.165, 1.54) is 12.1 Å². The number of pyridine rings is 1. The van der Waals surface area contributed by atoms with Crippen molar-refractivity contribution in [1.82, 2.24) is 4.98 Å². The molecule has 0 fully saturated rings. The summed E-state index contributed by atoms with van der Waals surface area (Å²) in [4.78, 5) is 3.56. The molecule has 0 aliphatic rings. The lowest BCUT2D eigenvalue weighted by molar-refractivity contribution is -0.136. The lowest BCUT2D eigenvalue weighted by atomic mass is 10.1. The van der Waals surface area contributed by atoms with Crippen LogP contribution < -0.4 is 0 Å². The maximum Gasteiger partial charge on any atom is 0.418 e. The van der Waals surface area contributed by atoms with Crippen molar-refractivity contribution in [2.24, 2.45) is 0 Å². The van der Waals surface area contributed by atoms with E-state index in [-0.39, 0.29) is 21.7 Å². The molecule has 1 aromatic carbocycles. The normalized spacial score (nSPS) is 12.0. The minimum Gasteiger partial charge on any atom is -0.506 e. The van der Waals surface area contributed by atoms with Crippen LogP contribution in [0.4, 0.5) is 13.2 Å². The van der Waals surface area contributed by atoms with Crippen molar-refractivity contribution in [2.75, 3.05) is 0 Å². The third-order valence-electron chi connectivity index (χ3n) is 2.04. The standard InChI is InChI=1S/C10H5ClF3NO/c11-6-1-5-2-7(16)4-15-9(5)8(3-6)10(12,13)14/h1-4,16H. The van der Waals surface area contributed by atoms with E-state index in [4.69, 9.17) is 16.7 Å². The summed E-state index contributed by atoms with van der Waals surface area (Å²) in [7, 11) is 0. The fourth-order valence-electron chi connectivity index (χ4n) is 1.42. The SMILES string of the molecule is Oc1cnc2c(C(F)(F)F)cc(Cl)cc2c1. The molecule has 0 atom stereocenters. The summed E-state index contributed by atoms with van der Waals surface area (Å²) in [6.45, 7) is 0. The molecule has 0 radical (unpaired) electrons. The first kappa shape index (κ1) is 11.0. The maximum atomic E-state index is 12.6. The Hall–Kier alpha value is -1.49. The molecule has 1 heterocycles. The zero-order valence-electron chi connectivity index (χ0n) is 7.72. The first-order chi connectivity index (χ1) is 7.38. The largest absolute Gasteiger partial charge is 0.506 e. The summed E-state index contributed by atoms with van der Waals surface area (Å²) >= 11 is 5.57. The number of alkyl halides is 3. The number of rotatable bonds is 0. The van der Waals surface area contributed by atoms with Gasteiger partial charge in [0.15, 0.2) is 0 Å². The van der Waals surface area contributed by atoms with E-state index in [2.05, 4.69) is 4.98 Å². The van der Waals surface area contributed by atoms with E-state index >= 15 is 0 Å². The molecule has 2 rings (SSSR count). The highest BCUT2D eigenvalue weighted by Gasteiger charge is 2.33. The van der Waals surface area contributed by atoms with E-state index < -0.39 is 11.7 Å². The second-order valence-corrected chi connectivity index (χ2v) is 3.65. The van der Waals surface area contributed by atoms with E-state index in [0.717, 1.165) is 12.3 Å². The molecule has 0 unspecified atom stereocenters. The summed E-state index contributed by atoms with van der Waals surface area (Å²) in [5.74, 6) is -0.206. The molecule has 16 heavy (non-hydrogen) atoms. The van der Waals surface area contributed by atoms with Crippen LogP contribution in [0.2, 0.25) is 5.02 Å². The zero-order chi connectivity index (χ0) is 11.9. The molecule has 0 bridgehead atoms. The van der Waals surface area contributed by atoms with Gasteiger partial charge in [-0.15, -0.1) is 0 Å². The second-order valence-electron chi connectivity index (χ2n) is 3.22. The van der Waals surface area contributed by atoms with Crippen LogP contribution in [0.1, 0.15) is 5.56 Å². The lowest BCUT2D eigenvalue weighted by Gasteiger charge is -2.10. The van der Waals surface area contributed by atoms with Crippen LogP contribution >= 0.6 is 11.6 Å². The Morgan fingerprint density at radius 3 is 2.50 bits per heavy atom. The zero-order valence-corrected chi connectivity index (χ0v) is 8.47. The number of fused-ring (bicyclic) bond motifs is 1. The van der Waals surface area contributed by atoms with Gasteiger partial charge in [-0.3, -0.25) is 4.98 Å². The molecule has 6 heteroatoms. The van der Waals surface area contributed by atoms with Crippen LogP contribution in [-0.4, -0.2) is 10.1 Å². The molecule has 0 aliphatic carbocycles. The molecule has 0 amide bonds. The predicted octanol–water partition coefficient (Wildman–Crippen LogP) is 3.61. The summed E-state index contributed by atoms with van der Waals surface area (Å²) in [6.07, 6.45) is -3.56. The maximum absolute atomic E-state index is 12.6. The van der Waals surface area contributed by atoms with Crippen molar-refractivity contribution in [3.05, 3.63) is 35.0 Å². The fraction of sp³-hybridized carbons (Fsp3) is 0.100. The van der Waals surface area contributed by atoms with Gasteiger partial charge in [-0.2, -0.15) is 13.2 Å². The third kappa shape index (κ3) is 1.90. The van der Waals surface area contributed by atoms with Gasteiger partial charge in [0.25, 0.3) is 0 Å². The van der Waals surface area contributed by atoms with Crippen molar-refractivity contribution in [2.45, 2.75) is 6.18 Å². The molecule has 0 saturated carbocycles. The van der Waals surface area contributed by atoms with Crippen LogP contribution in [0, 0.1) is 0 Å². The van der Waals surface area contributed by atoms with E-state index in [1.54, 1.807) is 0 Å². The Kier molecular flexibility index (Phi) is 2.42. The van der Waals surface area contributed by atoms with E-state index in [9.17, 15) is 13.2 Å². The highest BCUT2D eigenvalue weighted by atomic mass is 35.5. The van der Waals surface area contributed by atoms with Crippen LogP contribution in [0.25, 0.3) is 10.9 Å². The molecule has 0 spiro atoms. The minimum atomic E-state index is -4.52. The highest BCUT2D eigenvalue weighted by molar-refractivity contribution is 6.31. The predicted molar refractivity (Wildman–Crippen MR) is 53.4 cm³/mol. The highest BCUT2D eigenvalue weighted by Crippen LogP contribution is 2.36. The first-order valence-electron chi connectivity index (χ1n) is 4.23. The van der Waals surface area contributed by atoms with Crippen molar-refractivity contribution in [3.63, 3.8) is 0 Å². The van der Waals surface area contributed by atoms with Gasteiger partial charge in [0.1, 0.15) is 5.75 Å². The Bertz CT molecular complexity index is 548. The number of aromatic hydroxyl groups is 1. The van der Waals surface area contributed by atoms with Crippen LogP contribution in [-0.2, 0) is 6.18 Å². The molecule has 0 saturated heterocycles. The average Bonchev–Trinajstić information content (AvgIpc) is 2.14. The summed E-state index contributed by atoms with van der Waals surface area (Å²) < 4.78 is 37.9. The van der Waals surface area contributed by atoms with Crippen molar-refractivity contribution in [1.29, 1.82) is 0 Å². The van der Waals surface area contributed by atoms with Gasteiger partial charge in [-0.25, -0.2) is 0 Å². The Balaban J connectivity index is 2.83. The van der Waals surface area contributed by atoms with Gasteiger partial charge >= 0.3 is 6.18 Å². The van der Waals surface area contributed by atoms with E-state index in [0.29, 0.717) is 0 Å². The number of hydrogen-bond donors (Lipinski definition) is 1. The minimum absolute atomic E-state index is 0.0489. The number of hydrogen-bond acceptors (Lipinski definition) is 2. The van der Waals surface area contributed by atoms with Crippen LogP contribution in [0.3, 0.4) is 0 Å². The van der Waals surface area contributed by atoms with Crippen LogP contribution in [0.15, 0.2) is 24.4 Å². The molecular weight excluding hydrogens is 243 g/mol. The summed E-state index contributed by atoms with van der Waals surface area (Å²) in [5.41, 5.74) is -1.13. The second kappa shape index (κ2) is 3.52. The quantitative estimate of drug-likeness (QED) is 0.771. The van der Waals surface area contributed by atoms with E-state index in [1.807, 2.05) is 0 Å². The van der Waals surface area contributed by atoms with Gasteiger partial charge in [0.2, 0.25) is 0 Å². The fourth-order valence-corrected chi connectivity index (χ4v) is 1.64. The smallest absolute Gasteiger partial charge is 0.418 e. The topological polar surface area (TPSA) is 33.1 Å². The van der Waals surface area contributed by atoms with Crippen molar-refractivity contribution >= 4 is 22.5 Å². The number of benzene rings is 1. The molecule has 0 aliphatic heterocycles. The molecular formula is C10H5ClF3NO. The summed E-state index contributed by atoms with van der Waals surface area (Å²) in [5, 5.41) is 9.23. The van der Waals surface area contributed by atoms with Gasteiger partial charge < -0.3 is 5.11 Å². The molecule has 84 valence electrons. The third-order valence-corrected chi connectivity index (χ3v) is 2.26. The molecule has 2 nitrogen and oxygen atoms in total. The Morgan fingerprint density at radius 2 is 1.88 bits per heavy atom. The van der Waals surface area contributed by atoms with Crippen molar-refractivity contribution in [3.8, 4) is 5.75 Å². The Labute approximate surface area is 93.3 Å². The number of halogens is 4. The number of nitrogens with zero attached hydrogens (tertiary/aromatic N) is 1. The Morgan fingerprint density at radius 1 is 1.19 bits per heavy atom. The first-order valence-corrected chi connectivity index (χ1v) is 4.61. The van der Waals surface area contributed by atoms with Gasteiger partial charge in [0.05, 0.1) is 17.3 Å². The number of aromatic nitrogens is 1. The molecule has 1 aromatic heterocycles. The monoisotopic (exact) mass is 247 g/mol. The van der Waals surface area contributed by atoms with Crippen LogP contribution in [0.5, 0.6) is 5.75 Å². The van der Waals surface area contributed by atoms with Gasteiger partial charge in [0, 0.05) is 10.4 Å².